The Morgan fingerprint density at radius 2 is 1.97 bits per heavy atom. The largest absolute Gasteiger partial charge is 0.384 e. The first-order chi connectivity index (χ1) is 16.3. The summed E-state index contributed by atoms with van der Waals surface area (Å²) in [6.45, 7) is 10.3. The second-order valence-corrected chi connectivity index (χ2v) is 8.95. The number of aliphatic hydroxyl groups is 1. The summed E-state index contributed by atoms with van der Waals surface area (Å²) >= 11 is 0. The van der Waals surface area contributed by atoms with Gasteiger partial charge in [-0.05, 0) is 56.5 Å². The number of rotatable bonds is 4. The number of aromatic nitrogens is 1. The Balaban J connectivity index is 0.000000266. The average Bonchev–Trinajstić information content (AvgIpc) is 3.28. The number of hydrogen-bond donors (Lipinski definition) is 2. The van der Waals surface area contributed by atoms with Gasteiger partial charge >= 0.3 is 0 Å². The number of hydrogen-bond acceptors (Lipinski definition) is 6. The van der Waals surface area contributed by atoms with Gasteiger partial charge in [-0.1, -0.05) is 37.1 Å². The second kappa shape index (κ2) is 11.1. The van der Waals surface area contributed by atoms with Crippen LogP contribution in [-0.2, 0) is 4.79 Å². The van der Waals surface area contributed by atoms with Crippen molar-refractivity contribution in [1.82, 2.24) is 15.2 Å². The van der Waals surface area contributed by atoms with Crippen molar-refractivity contribution in [3.05, 3.63) is 54.0 Å². The van der Waals surface area contributed by atoms with Crippen molar-refractivity contribution >= 4 is 28.1 Å². The molecule has 1 atom stereocenters. The fourth-order valence-corrected chi connectivity index (χ4v) is 4.09. The molecule has 2 aliphatic heterocycles. The van der Waals surface area contributed by atoms with Crippen LogP contribution in [0, 0.1) is 17.9 Å². The third-order valence-corrected chi connectivity index (χ3v) is 5.93. The van der Waals surface area contributed by atoms with Crippen LogP contribution in [0.3, 0.4) is 0 Å². The van der Waals surface area contributed by atoms with E-state index in [1.54, 1.807) is 25.7 Å². The van der Waals surface area contributed by atoms with Gasteiger partial charge in [0, 0.05) is 43.6 Å². The van der Waals surface area contributed by atoms with Crippen LogP contribution in [0.5, 0.6) is 0 Å². The lowest BCUT2D eigenvalue weighted by Gasteiger charge is -2.31. The first-order valence-corrected chi connectivity index (χ1v) is 11.6. The molecule has 0 spiro atoms. The molecule has 2 N–H and O–H groups in total. The molecule has 7 heteroatoms. The highest BCUT2D eigenvalue weighted by atomic mass is 16.3. The number of fused-ring (bicyclic) bond motifs is 1. The minimum atomic E-state index is -1.07. The first-order valence-electron chi connectivity index (χ1n) is 11.6. The molecule has 0 saturated carbocycles. The minimum absolute atomic E-state index is 0.0928. The van der Waals surface area contributed by atoms with E-state index in [2.05, 4.69) is 44.6 Å². The van der Waals surface area contributed by atoms with Crippen LogP contribution in [0.4, 0.5) is 0 Å². The Labute approximate surface area is 201 Å². The van der Waals surface area contributed by atoms with Gasteiger partial charge < -0.3 is 15.3 Å². The molecule has 4 rings (SSSR count). The zero-order valence-electron chi connectivity index (χ0n) is 20.6. The summed E-state index contributed by atoms with van der Waals surface area (Å²) in [6, 6.07) is 13.1. The Hall–Kier alpha value is -3.50. The second-order valence-electron chi connectivity index (χ2n) is 8.95. The normalized spacial score (nSPS) is 17.8. The number of nitrogens with zero attached hydrogens (tertiary/aromatic N) is 4. The molecule has 0 aliphatic carbocycles. The molecule has 34 heavy (non-hydrogen) atoms. The molecule has 0 radical (unpaired) electrons. The van der Waals surface area contributed by atoms with E-state index in [1.165, 1.54) is 10.8 Å². The van der Waals surface area contributed by atoms with Crippen LogP contribution in [0.15, 0.2) is 64.2 Å². The fourth-order valence-electron chi connectivity index (χ4n) is 4.09. The lowest BCUT2D eigenvalue weighted by Crippen LogP contribution is -2.46. The predicted octanol–water partition coefficient (Wildman–Crippen LogP) is 3.91. The van der Waals surface area contributed by atoms with E-state index in [9.17, 15) is 9.90 Å². The smallest absolute Gasteiger partial charge is 0.271 e. The van der Waals surface area contributed by atoms with Crippen LogP contribution in [0.2, 0.25) is 0 Å². The molecule has 7 nitrogen and oxygen atoms in total. The first kappa shape index (κ1) is 25.1. The fraction of sp³-hybridized carbons (Fsp3) is 0.407. The lowest BCUT2D eigenvalue weighted by molar-refractivity contribution is -0.124. The third-order valence-electron chi connectivity index (χ3n) is 5.93. The highest BCUT2D eigenvalue weighted by molar-refractivity contribution is 6.44. The Morgan fingerprint density at radius 1 is 1.24 bits per heavy atom. The third kappa shape index (κ3) is 5.89. The van der Waals surface area contributed by atoms with Crippen molar-refractivity contribution in [1.29, 1.82) is 0 Å². The maximum Gasteiger partial charge on any atom is 0.271 e. The molecule has 0 fully saturated rings. The van der Waals surface area contributed by atoms with E-state index in [0.717, 1.165) is 17.7 Å². The zero-order valence-corrected chi connectivity index (χ0v) is 20.6. The van der Waals surface area contributed by atoms with E-state index in [4.69, 9.17) is 0 Å². The molecular formula is C27H33N5O2. The zero-order chi connectivity index (χ0) is 24.7. The van der Waals surface area contributed by atoms with E-state index >= 15 is 0 Å². The number of nitrogens with one attached hydrogen (secondary N) is 1. The molecule has 0 saturated heterocycles. The Kier molecular flexibility index (Phi) is 8.19. The van der Waals surface area contributed by atoms with E-state index in [-0.39, 0.29) is 11.8 Å². The monoisotopic (exact) mass is 459 g/mol. The van der Waals surface area contributed by atoms with Crippen molar-refractivity contribution in [2.24, 2.45) is 16.1 Å². The van der Waals surface area contributed by atoms with Gasteiger partial charge in [0.05, 0.1) is 17.2 Å². The van der Waals surface area contributed by atoms with E-state index < -0.39 is 5.60 Å². The van der Waals surface area contributed by atoms with Gasteiger partial charge in [-0.25, -0.2) is 0 Å². The number of pyridine rings is 1. The maximum absolute atomic E-state index is 12.9. The Morgan fingerprint density at radius 3 is 2.59 bits per heavy atom. The number of carbonyl (C=O) groups is 1. The molecule has 1 amide bonds. The topological polar surface area (TPSA) is 90.2 Å². The molecular weight excluding hydrogens is 426 g/mol. The summed E-state index contributed by atoms with van der Waals surface area (Å²) in [7, 11) is 0. The molecule has 2 aliphatic rings. The van der Waals surface area contributed by atoms with Crippen molar-refractivity contribution < 1.29 is 9.90 Å². The SMILES string of the molecule is CC#CNC1=C(C)CN(C(=O)C2=NN=C(C(C)(C)O)C2CC)CC1.c1ccc2cnccc2c1. The van der Waals surface area contributed by atoms with Gasteiger partial charge in [-0.3, -0.25) is 9.78 Å². The van der Waals surface area contributed by atoms with Crippen molar-refractivity contribution in [3.8, 4) is 12.0 Å². The number of amides is 1. The van der Waals surface area contributed by atoms with Crippen molar-refractivity contribution in [2.45, 2.75) is 53.1 Å². The van der Waals surface area contributed by atoms with Gasteiger partial charge in [0.15, 0.2) is 0 Å². The van der Waals surface area contributed by atoms with Crippen LogP contribution < -0.4 is 5.32 Å². The van der Waals surface area contributed by atoms with Crippen molar-refractivity contribution in [3.63, 3.8) is 0 Å². The van der Waals surface area contributed by atoms with Gasteiger partial charge in [-0.15, -0.1) is 5.10 Å². The molecule has 1 unspecified atom stereocenters. The summed E-state index contributed by atoms with van der Waals surface area (Å²) in [5, 5.41) is 24.0. The van der Waals surface area contributed by atoms with Crippen molar-refractivity contribution in [2.75, 3.05) is 13.1 Å². The van der Waals surface area contributed by atoms with Gasteiger partial charge in [0.25, 0.3) is 5.91 Å². The number of carbonyl (C=O) groups excluding carboxylic acids is 1. The summed E-state index contributed by atoms with van der Waals surface area (Å²) in [4.78, 5) is 18.7. The summed E-state index contributed by atoms with van der Waals surface area (Å²) in [6.07, 6.45) is 5.11. The highest BCUT2D eigenvalue weighted by Gasteiger charge is 2.39. The number of benzene rings is 1. The summed E-state index contributed by atoms with van der Waals surface area (Å²) in [5.41, 5.74) is 2.13. The van der Waals surface area contributed by atoms with Gasteiger partial charge in [-0.2, -0.15) is 5.10 Å². The van der Waals surface area contributed by atoms with Crippen LogP contribution >= 0.6 is 0 Å². The van der Waals surface area contributed by atoms with Gasteiger partial charge in [0.2, 0.25) is 0 Å². The lowest BCUT2D eigenvalue weighted by atomic mass is 9.85. The quantitative estimate of drug-likeness (QED) is 0.536. The van der Waals surface area contributed by atoms with Crippen LogP contribution in [0.25, 0.3) is 10.8 Å². The summed E-state index contributed by atoms with van der Waals surface area (Å²) < 4.78 is 0. The molecule has 178 valence electrons. The minimum Gasteiger partial charge on any atom is -0.384 e. The van der Waals surface area contributed by atoms with Crippen LogP contribution in [0.1, 0.15) is 47.5 Å². The Bertz CT molecular complexity index is 1130. The molecule has 3 heterocycles. The van der Waals surface area contributed by atoms with Gasteiger partial charge in [0.1, 0.15) is 5.71 Å². The molecule has 1 aromatic carbocycles. The van der Waals surface area contributed by atoms with Crippen LogP contribution in [-0.4, -0.2) is 51.0 Å². The maximum atomic E-state index is 12.9. The highest BCUT2D eigenvalue weighted by Crippen LogP contribution is 2.25. The van der Waals surface area contributed by atoms with E-state index in [1.807, 2.05) is 44.4 Å². The predicted molar refractivity (Wildman–Crippen MR) is 137 cm³/mol. The van der Waals surface area contributed by atoms with E-state index in [0.29, 0.717) is 30.9 Å². The molecule has 2 aromatic rings. The molecule has 1 aromatic heterocycles. The molecule has 0 bridgehead atoms. The average molecular weight is 460 g/mol. The standard InChI is InChI=1S/C18H26N4O2.C9H7N/c1-6-9-19-14-8-10-22(11-12(14)3)17(23)15-13(7-2)16(21-20-15)18(4,5)24;1-2-4-9-7-10-6-5-8(9)3-1/h13,19,24H,7-8,10-11H2,1-5H3;1-7H. The summed E-state index contributed by atoms with van der Waals surface area (Å²) in [5.74, 6) is 2.50.